The summed E-state index contributed by atoms with van der Waals surface area (Å²) in [7, 11) is 1.28. The quantitative estimate of drug-likeness (QED) is 0.205. The second kappa shape index (κ2) is 37.3. The summed E-state index contributed by atoms with van der Waals surface area (Å²) in [4.78, 5) is 4.28. The van der Waals surface area contributed by atoms with Gasteiger partial charge in [-0.3, -0.25) is 0 Å². The molecule has 12 atom stereocenters. The first-order chi connectivity index (χ1) is 34.6. The number of aliphatic hydroxyl groups excluding tert-OH is 3. The van der Waals surface area contributed by atoms with E-state index in [1.165, 1.54) is 51.2 Å². The number of hydrogen-bond donors (Lipinski definition) is 4. The first-order valence-electron chi connectivity index (χ1n) is 30.8. The summed E-state index contributed by atoms with van der Waals surface area (Å²) in [5.41, 5.74) is 1.15. The van der Waals surface area contributed by atoms with Gasteiger partial charge in [0, 0.05) is 25.9 Å². The summed E-state index contributed by atoms with van der Waals surface area (Å²) in [6.07, 6.45) is 16.0. The number of sulfone groups is 1. The lowest BCUT2D eigenvalue weighted by molar-refractivity contribution is -0.0165. The van der Waals surface area contributed by atoms with Crippen molar-refractivity contribution in [1.82, 2.24) is 15.1 Å². The molecule has 3 aliphatic heterocycles. The van der Waals surface area contributed by atoms with Crippen LogP contribution in [0, 0.1) is 73.4 Å². The maximum Gasteiger partial charge on any atom is 0.147 e. The van der Waals surface area contributed by atoms with Gasteiger partial charge in [-0.15, -0.1) is 0 Å². The van der Waals surface area contributed by atoms with Crippen molar-refractivity contribution < 1.29 is 36.9 Å². The average Bonchev–Trinajstić information content (AvgIpc) is 3.22. The average molecular weight is 1170 g/mol. The van der Waals surface area contributed by atoms with E-state index in [2.05, 4.69) is 147 Å². The zero-order chi connectivity index (χ0) is 60.3. The van der Waals surface area contributed by atoms with E-state index in [1.807, 2.05) is 27.8 Å². The van der Waals surface area contributed by atoms with Gasteiger partial charge < -0.3 is 30.4 Å². The Hall–Kier alpha value is -0.500. The van der Waals surface area contributed by atoms with Gasteiger partial charge >= 0.3 is 0 Å². The highest BCUT2D eigenvalue weighted by Gasteiger charge is 2.39. The molecule has 0 aromatic heterocycles. The molecule has 0 aromatic rings. The summed E-state index contributed by atoms with van der Waals surface area (Å²) < 4.78 is 61.5. The van der Waals surface area contributed by atoms with Crippen LogP contribution < -0.4 is 5.32 Å². The zero-order valence-electron chi connectivity index (χ0n) is 55.1. The molecule has 3 aliphatic carbocycles. The highest BCUT2D eigenvalue weighted by Crippen LogP contribution is 2.42. The van der Waals surface area contributed by atoms with Gasteiger partial charge in [0.15, 0.2) is 0 Å². The Labute approximate surface area is 499 Å². The number of nitrogens with zero attached hydrogens (tertiary/aromatic N) is 2. The molecule has 0 amide bonds. The molecule has 0 spiro atoms. The van der Waals surface area contributed by atoms with Gasteiger partial charge in [-0.25, -0.2) is 21.6 Å². The fourth-order valence-electron chi connectivity index (χ4n) is 13.0. The van der Waals surface area contributed by atoms with E-state index in [1.54, 1.807) is 0 Å². The smallest absolute Gasteiger partial charge is 0.147 e. The van der Waals surface area contributed by atoms with Gasteiger partial charge in [-0.1, -0.05) is 206 Å². The van der Waals surface area contributed by atoms with E-state index in [4.69, 9.17) is 0 Å². The Bertz CT molecular complexity index is 1510. The molecule has 3 heterocycles. The number of nitrogens with one attached hydrogen (secondary N) is 1. The Morgan fingerprint density at radius 3 is 0.963 bits per heavy atom. The SMILES string of the molecule is C.C.C.CC(C)(C)C1CCCCC1F.CC(C)(C)C1CCCCC1O.CC(C)(C)C1CCCCC1O.CC(C)(C)C1CCNCC1F.CC(C)(C)CS(C)(=O)=O.CN1CCC(C(C)(C)C)C(F)C1.CN1CCC(C(C)(C)C)C(O)C1. The van der Waals surface area contributed by atoms with Crippen molar-refractivity contribution in [2.45, 2.75) is 301 Å². The minimum Gasteiger partial charge on any atom is -0.393 e. The lowest BCUT2D eigenvalue weighted by Crippen LogP contribution is -2.46. The van der Waals surface area contributed by atoms with Crippen LogP contribution in [0.15, 0.2) is 0 Å². The number of aliphatic hydroxyl groups is 3. The van der Waals surface area contributed by atoms with E-state index in [-0.39, 0.29) is 85.3 Å². The van der Waals surface area contributed by atoms with Gasteiger partial charge in [0.25, 0.3) is 0 Å². The molecule has 488 valence electrons. The van der Waals surface area contributed by atoms with Crippen molar-refractivity contribution in [1.29, 1.82) is 0 Å². The third-order valence-corrected chi connectivity index (χ3v) is 18.8. The van der Waals surface area contributed by atoms with Gasteiger partial charge in [-0.05, 0) is 165 Å². The van der Waals surface area contributed by atoms with Crippen molar-refractivity contribution in [3.8, 4) is 0 Å². The predicted octanol–water partition coefficient (Wildman–Crippen LogP) is 17.4. The van der Waals surface area contributed by atoms with Crippen LogP contribution in [0.4, 0.5) is 13.2 Å². The molecule has 8 nitrogen and oxygen atoms in total. The predicted molar refractivity (Wildman–Crippen MR) is 347 cm³/mol. The maximum atomic E-state index is 13.6. The summed E-state index contributed by atoms with van der Waals surface area (Å²) in [6.45, 7) is 50.1. The number of β-amino-alcohol motifs (C(OH)–C–C–N with tert-alkyl or cyclic N) is 1. The highest BCUT2D eigenvalue weighted by atomic mass is 32.2. The van der Waals surface area contributed by atoms with E-state index in [0.717, 1.165) is 77.5 Å². The summed E-state index contributed by atoms with van der Waals surface area (Å²) in [5.74, 6) is 2.56. The van der Waals surface area contributed by atoms with Crippen LogP contribution >= 0.6 is 0 Å². The molecular formula is C68H144F3N3O5S. The lowest BCUT2D eigenvalue weighted by Gasteiger charge is -2.41. The van der Waals surface area contributed by atoms with Gasteiger partial charge in [-0.2, -0.15) is 0 Å². The Morgan fingerprint density at radius 1 is 0.412 bits per heavy atom. The molecule has 3 saturated heterocycles. The van der Waals surface area contributed by atoms with Crippen LogP contribution in [0.25, 0.3) is 0 Å². The van der Waals surface area contributed by atoms with Crippen molar-refractivity contribution in [2.24, 2.45) is 73.4 Å². The van der Waals surface area contributed by atoms with Gasteiger partial charge in [0.2, 0.25) is 0 Å². The first kappa shape index (κ1) is 85.9. The van der Waals surface area contributed by atoms with E-state index < -0.39 is 28.4 Å². The molecule has 0 aromatic carbocycles. The number of alkyl halides is 3. The van der Waals surface area contributed by atoms with E-state index in [9.17, 15) is 36.9 Å². The van der Waals surface area contributed by atoms with Crippen molar-refractivity contribution in [3.05, 3.63) is 0 Å². The second-order valence-corrected chi connectivity index (χ2v) is 34.8. The van der Waals surface area contributed by atoms with Crippen molar-refractivity contribution in [3.63, 3.8) is 0 Å². The molecule has 80 heavy (non-hydrogen) atoms. The van der Waals surface area contributed by atoms with Crippen LogP contribution in [0.2, 0.25) is 0 Å². The summed E-state index contributed by atoms with van der Waals surface area (Å²) >= 11 is 0. The van der Waals surface area contributed by atoms with Crippen LogP contribution in [0.3, 0.4) is 0 Å². The van der Waals surface area contributed by atoms with Gasteiger partial charge in [0.05, 0.1) is 24.1 Å². The number of hydrogen-bond acceptors (Lipinski definition) is 8. The molecule has 6 rings (SSSR count). The minimum absolute atomic E-state index is 0. The van der Waals surface area contributed by atoms with Crippen LogP contribution in [0.1, 0.15) is 264 Å². The van der Waals surface area contributed by atoms with Crippen molar-refractivity contribution in [2.75, 3.05) is 65.4 Å². The first-order valence-corrected chi connectivity index (χ1v) is 32.9. The standard InChI is InChI=1S/C10H20FN.C10H19F.C10H21NO.2C10H20O.C9H18FN.C6H14O2S.3CH4/c1-10(2,3)8-5-6-12(4)7-9(8)11;1-10(2,3)8-6-4-5-7-9(8)11;1-10(2,3)8-5-6-11(4)7-9(8)12;2*1-10(2,3)8-6-4-5-7-9(8)11;1-9(2,3)7-4-5-11-6-8(7)10;1-6(2,3)5-9(4,7)8;;;/h8-9H,5-7H2,1-4H3;8-9H,4-7H2,1-3H3;8-9,12H,5-7H2,1-4H3;2*8-9,11H,4-7H2,1-3H3;7-8,11H,4-6H2,1-3H3;5H2,1-4H3;3*1H4. The molecule has 12 heteroatoms. The van der Waals surface area contributed by atoms with Crippen molar-refractivity contribution >= 4 is 9.84 Å². The molecule has 4 N–H and O–H groups in total. The molecule has 3 saturated carbocycles. The van der Waals surface area contributed by atoms with Gasteiger partial charge in [0.1, 0.15) is 28.4 Å². The molecular weight excluding hydrogens is 1030 g/mol. The second-order valence-electron chi connectivity index (χ2n) is 32.7. The molecule has 6 aliphatic rings. The molecule has 0 bridgehead atoms. The fraction of sp³-hybridized carbons (Fsp3) is 1.00. The number of piperidine rings is 3. The highest BCUT2D eigenvalue weighted by molar-refractivity contribution is 7.90. The Morgan fingerprint density at radius 2 is 0.713 bits per heavy atom. The third kappa shape index (κ3) is 36.5. The summed E-state index contributed by atoms with van der Waals surface area (Å²) in [5, 5.41) is 32.3. The minimum atomic E-state index is -2.78. The topological polar surface area (TPSA) is 113 Å². The monoisotopic (exact) mass is 1170 g/mol. The van der Waals surface area contributed by atoms with E-state index in [0.29, 0.717) is 47.6 Å². The Balaban J connectivity index is -0.000000419. The maximum absolute atomic E-state index is 13.6. The zero-order valence-corrected chi connectivity index (χ0v) is 55.9. The molecule has 0 radical (unpaired) electrons. The lowest BCUT2D eigenvalue weighted by atomic mass is 9.71. The molecule has 12 unspecified atom stereocenters. The van der Waals surface area contributed by atoms with Crippen LogP contribution in [-0.2, 0) is 9.84 Å². The van der Waals surface area contributed by atoms with Crippen LogP contribution in [-0.4, -0.2) is 136 Å². The third-order valence-electron chi connectivity index (χ3n) is 17.4. The molecule has 6 fully saturated rings. The van der Waals surface area contributed by atoms with Crippen LogP contribution in [0.5, 0.6) is 0 Å². The largest absolute Gasteiger partial charge is 0.393 e. The number of likely N-dealkylation sites (tertiary alicyclic amines) is 2. The number of halogens is 3. The van der Waals surface area contributed by atoms with E-state index >= 15 is 0 Å². The fourth-order valence-corrected chi connectivity index (χ4v) is 14.6. The summed E-state index contributed by atoms with van der Waals surface area (Å²) in [6, 6.07) is 0. The number of likely N-dealkylation sites (N-methyl/N-ethyl adjacent to an activating group) is 1. The normalized spacial score (nSPS) is 30.3. The number of rotatable bonds is 1. The Kier molecular flexibility index (Phi) is 40.0.